The molecule has 0 saturated carbocycles. The summed E-state index contributed by atoms with van der Waals surface area (Å²) in [7, 11) is 5.72. The van der Waals surface area contributed by atoms with Gasteiger partial charge in [-0.15, -0.1) is 0 Å². The third-order valence-corrected chi connectivity index (χ3v) is 3.39. The molecule has 126 valence electrons. The maximum absolute atomic E-state index is 11.9. The SMILES string of the molecule is COCCn1cc(NC(=O)NC[C@H](CC(C)C)N(C)C)cn1. The molecule has 2 N–H and O–H groups in total. The van der Waals surface area contributed by atoms with Gasteiger partial charge < -0.3 is 20.3 Å². The molecule has 1 atom stereocenters. The van der Waals surface area contributed by atoms with Gasteiger partial charge in [0.1, 0.15) is 0 Å². The topological polar surface area (TPSA) is 71.4 Å². The second-order valence-corrected chi connectivity index (χ2v) is 6.07. The Kier molecular flexibility index (Phi) is 7.90. The van der Waals surface area contributed by atoms with Crippen LogP contribution in [-0.4, -0.2) is 61.1 Å². The Labute approximate surface area is 133 Å². The summed E-state index contributed by atoms with van der Waals surface area (Å²) in [6.07, 6.45) is 4.46. The lowest BCUT2D eigenvalue weighted by Gasteiger charge is -2.26. The lowest BCUT2D eigenvalue weighted by atomic mass is 10.0. The van der Waals surface area contributed by atoms with E-state index < -0.39 is 0 Å². The number of hydrogen-bond acceptors (Lipinski definition) is 4. The number of urea groups is 1. The second-order valence-electron chi connectivity index (χ2n) is 6.07. The molecule has 0 saturated heterocycles. The predicted molar refractivity (Wildman–Crippen MR) is 88.1 cm³/mol. The maximum Gasteiger partial charge on any atom is 0.319 e. The van der Waals surface area contributed by atoms with Gasteiger partial charge >= 0.3 is 6.03 Å². The van der Waals surface area contributed by atoms with Crippen molar-refractivity contribution < 1.29 is 9.53 Å². The van der Waals surface area contributed by atoms with E-state index in [0.29, 0.717) is 37.3 Å². The van der Waals surface area contributed by atoms with E-state index >= 15 is 0 Å². The molecular weight excluding hydrogens is 282 g/mol. The Balaban J connectivity index is 2.40. The van der Waals surface area contributed by atoms with Crippen molar-refractivity contribution in [3.05, 3.63) is 12.4 Å². The van der Waals surface area contributed by atoms with Crippen molar-refractivity contribution in [3.63, 3.8) is 0 Å². The average Bonchev–Trinajstić information content (AvgIpc) is 2.88. The summed E-state index contributed by atoms with van der Waals surface area (Å²) in [5.41, 5.74) is 0.680. The molecule has 1 aromatic heterocycles. The van der Waals surface area contributed by atoms with Crippen LogP contribution >= 0.6 is 0 Å². The molecule has 0 spiro atoms. The largest absolute Gasteiger partial charge is 0.383 e. The van der Waals surface area contributed by atoms with E-state index in [4.69, 9.17) is 4.74 Å². The third kappa shape index (κ3) is 6.91. The molecular formula is C15H29N5O2. The number of amides is 2. The van der Waals surface area contributed by atoms with E-state index in [1.807, 2.05) is 14.1 Å². The minimum absolute atomic E-state index is 0.207. The quantitative estimate of drug-likeness (QED) is 0.727. The van der Waals surface area contributed by atoms with Gasteiger partial charge in [0.05, 0.1) is 25.0 Å². The smallest absolute Gasteiger partial charge is 0.319 e. The first-order valence-electron chi connectivity index (χ1n) is 7.65. The predicted octanol–water partition coefficient (Wildman–Crippen LogP) is 1.63. The van der Waals surface area contributed by atoms with Gasteiger partial charge in [-0.3, -0.25) is 4.68 Å². The zero-order valence-corrected chi connectivity index (χ0v) is 14.3. The fraction of sp³-hybridized carbons (Fsp3) is 0.733. The van der Waals surface area contributed by atoms with Crippen molar-refractivity contribution in [1.29, 1.82) is 0 Å². The molecule has 1 rings (SSSR count). The summed E-state index contributed by atoms with van der Waals surface area (Å²) in [5.74, 6) is 0.594. The number of anilines is 1. The Morgan fingerprint density at radius 3 is 2.77 bits per heavy atom. The van der Waals surface area contributed by atoms with Crippen LogP contribution in [0.2, 0.25) is 0 Å². The minimum atomic E-state index is -0.207. The first kappa shape index (κ1) is 18.4. The molecule has 0 aromatic carbocycles. The number of ether oxygens (including phenoxy) is 1. The number of rotatable bonds is 9. The van der Waals surface area contributed by atoms with Crippen LogP contribution in [0.25, 0.3) is 0 Å². The molecule has 0 unspecified atom stereocenters. The van der Waals surface area contributed by atoms with Crippen molar-refractivity contribution >= 4 is 11.7 Å². The molecule has 0 aliphatic rings. The zero-order chi connectivity index (χ0) is 16.5. The molecule has 22 heavy (non-hydrogen) atoms. The van der Waals surface area contributed by atoms with Crippen LogP contribution in [0.15, 0.2) is 12.4 Å². The fourth-order valence-corrected chi connectivity index (χ4v) is 2.14. The number of hydrogen-bond donors (Lipinski definition) is 2. The zero-order valence-electron chi connectivity index (χ0n) is 14.3. The number of likely N-dealkylation sites (N-methyl/N-ethyl adjacent to an activating group) is 1. The van der Waals surface area contributed by atoms with Gasteiger partial charge in [0.15, 0.2) is 0 Å². The number of carbonyl (C=O) groups excluding carboxylic acids is 1. The van der Waals surface area contributed by atoms with Crippen molar-refractivity contribution in [2.75, 3.05) is 39.7 Å². The van der Waals surface area contributed by atoms with Gasteiger partial charge in [-0.1, -0.05) is 13.8 Å². The number of aromatic nitrogens is 2. The molecule has 2 amide bonds. The highest BCUT2D eigenvalue weighted by Gasteiger charge is 2.14. The monoisotopic (exact) mass is 311 g/mol. The summed E-state index contributed by atoms with van der Waals surface area (Å²) < 4.78 is 6.73. The van der Waals surface area contributed by atoms with E-state index in [0.717, 1.165) is 6.42 Å². The molecule has 1 heterocycles. The Bertz CT molecular complexity index is 445. The number of carbonyl (C=O) groups is 1. The van der Waals surface area contributed by atoms with E-state index in [-0.39, 0.29) is 6.03 Å². The van der Waals surface area contributed by atoms with Gasteiger partial charge in [0.25, 0.3) is 0 Å². The lowest BCUT2D eigenvalue weighted by molar-refractivity contribution is 0.183. The molecule has 1 aromatic rings. The molecule has 0 aliphatic carbocycles. The third-order valence-electron chi connectivity index (χ3n) is 3.39. The van der Waals surface area contributed by atoms with E-state index in [2.05, 4.69) is 34.5 Å². The van der Waals surface area contributed by atoms with Crippen LogP contribution in [0.3, 0.4) is 0 Å². The van der Waals surface area contributed by atoms with Gasteiger partial charge in [0, 0.05) is 25.9 Å². The number of nitrogens with zero attached hydrogens (tertiary/aromatic N) is 3. The molecule has 0 radical (unpaired) electrons. The Morgan fingerprint density at radius 2 is 2.18 bits per heavy atom. The minimum Gasteiger partial charge on any atom is -0.383 e. The Morgan fingerprint density at radius 1 is 1.45 bits per heavy atom. The van der Waals surface area contributed by atoms with Crippen molar-refractivity contribution in [3.8, 4) is 0 Å². The van der Waals surface area contributed by atoms with E-state index in [1.165, 1.54) is 0 Å². The van der Waals surface area contributed by atoms with Gasteiger partial charge in [0.2, 0.25) is 0 Å². The first-order chi connectivity index (χ1) is 10.4. The summed E-state index contributed by atoms with van der Waals surface area (Å²) in [6.45, 7) is 6.24. The lowest BCUT2D eigenvalue weighted by Crippen LogP contribution is -2.42. The van der Waals surface area contributed by atoms with Gasteiger partial charge in [-0.2, -0.15) is 5.10 Å². The average molecular weight is 311 g/mol. The first-order valence-corrected chi connectivity index (χ1v) is 7.65. The molecule has 0 bridgehead atoms. The molecule has 0 fully saturated rings. The summed E-state index contributed by atoms with van der Waals surface area (Å²) >= 11 is 0. The van der Waals surface area contributed by atoms with Crippen LogP contribution in [0.4, 0.5) is 10.5 Å². The second kappa shape index (κ2) is 9.42. The Hall–Kier alpha value is -1.60. The number of nitrogens with one attached hydrogen (secondary N) is 2. The normalized spacial score (nSPS) is 12.7. The maximum atomic E-state index is 11.9. The van der Waals surface area contributed by atoms with Crippen LogP contribution < -0.4 is 10.6 Å². The highest BCUT2D eigenvalue weighted by Crippen LogP contribution is 2.08. The summed E-state index contributed by atoms with van der Waals surface area (Å²) in [6, 6.07) is 0.122. The fourth-order valence-electron chi connectivity index (χ4n) is 2.14. The molecule has 0 aliphatic heterocycles. The highest BCUT2D eigenvalue weighted by atomic mass is 16.5. The molecule has 7 nitrogen and oxygen atoms in total. The highest BCUT2D eigenvalue weighted by molar-refractivity contribution is 5.88. The van der Waals surface area contributed by atoms with Gasteiger partial charge in [-0.05, 0) is 26.4 Å². The van der Waals surface area contributed by atoms with E-state index in [1.54, 1.807) is 24.2 Å². The number of methoxy groups -OCH3 is 1. The van der Waals surface area contributed by atoms with Crippen LogP contribution in [0.1, 0.15) is 20.3 Å². The summed E-state index contributed by atoms with van der Waals surface area (Å²) in [5, 5.41) is 9.87. The molecule has 7 heteroatoms. The van der Waals surface area contributed by atoms with Crippen LogP contribution in [-0.2, 0) is 11.3 Å². The van der Waals surface area contributed by atoms with Crippen molar-refractivity contribution in [1.82, 2.24) is 20.0 Å². The van der Waals surface area contributed by atoms with Crippen LogP contribution in [0.5, 0.6) is 0 Å². The standard InChI is InChI=1S/C15H29N5O2/c1-12(2)8-14(19(3)4)10-16-15(21)18-13-9-17-20(11-13)6-7-22-5/h9,11-12,14H,6-8,10H2,1-5H3,(H2,16,18,21)/t14-/m0/s1. The summed E-state index contributed by atoms with van der Waals surface area (Å²) in [4.78, 5) is 14.1. The van der Waals surface area contributed by atoms with E-state index in [9.17, 15) is 4.79 Å². The van der Waals surface area contributed by atoms with Crippen molar-refractivity contribution in [2.45, 2.75) is 32.9 Å². The van der Waals surface area contributed by atoms with Crippen LogP contribution in [0, 0.1) is 5.92 Å². The van der Waals surface area contributed by atoms with Gasteiger partial charge in [-0.25, -0.2) is 4.79 Å². The van der Waals surface area contributed by atoms with Crippen molar-refractivity contribution in [2.24, 2.45) is 5.92 Å².